The highest BCUT2D eigenvalue weighted by atomic mass is 32.3. The lowest BCUT2D eigenvalue weighted by Gasteiger charge is -2.40. The molecule has 1 saturated heterocycles. The van der Waals surface area contributed by atoms with E-state index in [9.17, 15) is 9.11 Å². The van der Waals surface area contributed by atoms with Crippen molar-refractivity contribution >= 4 is 33.0 Å². The Balaban J connectivity index is 1.52. The largest absolute Gasteiger partial charge is 0.384 e. The Hall–Kier alpha value is -2.36. The van der Waals surface area contributed by atoms with Crippen LogP contribution in [0.5, 0.6) is 0 Å². The van der Waals surface area contributed by atoms with Gasteiger partial charge in [0.15, 0.2) is 0 Å². The van der Waals surface area contributed by atoms with Gasteiger partial charge in [0.25, 0.3) is 0 Å². The van der Waals surface area contributed by atoms with Crippen molar-refractivity contribution in [1.82, 2.24) is 4.98 Å². The first kappa shape index (κ1) is 22.4. The monoisotopic (exact) mass is 468 g/mol. The molecule has 0 radical (unpaired) electrons. The molecule has 0 amide bonds. The number of aryl methyl sites for hydroxylation is 2. The van der Waals surface area contributed by atoms with Crippen LogP contribution < -0.4 is 16.0 Å². The van der Waals surface area contributed by atoms with Crippen molar-refractivity contribution in [3.63, 3.8) is 0 Å². The molecule has 0 spiro atoms. The van der Waals surface area contributed by atoms with Crippen LogP contribution in [0.4, 0.5) is 11.5 Å². The van der Waals surface area contributed by atoms with E-state index in [2.05, 4.69) is 35.3 Å². The Labute approximate surface area is 196 Å². The Kier molecular flexibility index (Phi) is 5.74. The van der Waals surface area contributed by atoms with Crippen LogP contribution in [-0.2, 0) is 11.3 Å². The van der Waals surface area contributed by atoms with Gasteiger partial charge in [0.05, 0.1) is 29.4 Å². The molecule has 2 aliphatic rings. The molecular weight excluding hydrogens is 436 g/mol. The fourth-order valence-corrected chi connectivity index (χ4v) is 6.15. The predicted molar refractivity (Wildman–Crippen MR) is 135 cm³/mol. The van der Waals surface area contributed by atoms with E-state index in [1.165, 1.54) is 5.56 Å². The van der Waals surface area contributed by atoms with E-state index in [1.54, 1.807) is 0 Å². The zero-order valence-electron chi connectivity index (χ0n) is 19.2. The van der Waals surface area contributed by atoms with E-state index in [4.69, 9.17) is 15.5 Å². The van der Waals surface area contributed by atoms with Gasteiger partial charge >= 0.3 is 0 Å². The first-order valence-corrected chi connectivity index (χ1v) is 13.0. The van der Waals surface area contributed by atoms with E-state index in [1.807, 2.05) is 31.2 Å². The normalized spacial score (nSPS) is 20.0. The minimum atomic E-state index is -2.84. The van der Waals surface area contributed by atoms with Crippen molar-refractivity contribution in [2.45, 2.75) is 25.3 Å². The molecule has 3 aromatic rings. The first-order valence-electron chi connectivity index (χ1n) is 11.3. The molecule has 2 aromatic carbocycles. The van der Waals surface area contributed by atoms with Crippen LogP contribution >= 0.6 is 10.6 Å². The fourth-order valence-electron chi connectivity index (χ4n) is 4.52. The van der Waals surface area contributed by atoms with Gasteiger partial charge in [-0.2, -0.15) is 10.6 Å². The second kappa shape index (κ2) is 8.45. The van der Waals surface area contributed by atoms with Crippen molar-refractivity contribution in [1.29, 1.82) is 0 Å². The summed E-state index contributed by atoms with van der Waals surface area (Å²) in [5.41, 5.74) is 11.1. The van der Waals surface area contributed by atoms with Gasteiger partial charge in [-0.1, -0.05) is 23.8 Å². The minimum Gasteiger partial charge on any atom is -0.384 e. The number of rotatable bonds is 5. The number of hydrogen-bond acceptors (Lipinski definition) is 7. The first-order chi connectivity index (χ1) is 15.8. The zero-order valence-corrected chi connectivity index (χ0v) is 20.0. The molecule has 5 rings (SSSR count). The number of fused-ring (bicyclic) bond motifs is 2. The number of hydrogen-bond donors (Lipinski definition) is 4. The third-order valence-corrected chi connectivity index (χ3v) is 8.60. The number of nitrogens with two attached hydrogens (primary N) is 1. The summed E-state index contributed by atoms with van der Waals surface area (Å²) in [6.07, 6.45) is 0. The highest BCUT2D eigenvalue weighted by molar-refractivity contribution is 8.24. The molecule has 8 heteroatoms. The fraction of sp³-hybridized carbons (Fsp3) is 0.400. The summed E-state index contributed by atoms with van der Waals surface area (Å²) in [7, 11) is -2.84. The van der Waals surface area contributed by atoms with Crippen molar-refractivity contribution in [3.8, 4) is 0 Å². The molecule has 0 saturated carbocycles. The summed E-state index contributed by atoms with van der Waals surface area (Å²) >= 11 is 0. The van der Waals surface area contributed by atoms with Gasteiger partial charge in [-0.15, -0.1) is 0 Å². The van der Waals surface area contributed by atoms with Crippen LogP contribution in [0, 0.1) is 19.3 Å². The number of nitrogens with zero attached hydrogens (tertiary/aromatic N) is 2. The lowest BCUT2D eigenvalue weighted by Crippen LogP contribution is -2.52. The molecule has 33 heavy (non-hydrogen) atoms. The number of aromatic nitrogens is 1. The molecule has 7 nitrogen and oxygen atoms in total. The number of ether oxygens (including phenoxy) is 1. The van der Waals surface area contributed by atoms with Crippen LogP contribution in [0.15, 0.2) is 47.4 Å². The summed E-state index contributed by atoms with van der Waals surface area (Å²) in [6, 6.07) is 14.3. The number of benzene rings is 2. The maximum atomic E-state index is 10.8. The van der Waals surface area contributed by atoms with Crippen molar-refractivity contribution in [2.24, 2.45) is 11.1 Å². The van der Waals surface area contributed by atoms with Gasteiger partial charge in [0.2, 0.25) is 0 Å². The highest BCUT2D eigenvalue weighted by Crippen LogP contribution is 2.51. The molecule has 5 N–H and O–H groups in total. The molecule has 2 aliphatic heterocycles. The maximum Gasteiger partial charge on any atom is 0.131 e. The van der Waals surface area contributed by atoms with E-state index < -0.39 is 10.6 Å². The zero-order chi connectivity index (χ0) is 23.2. The van der Waals surface area contributed by atoms with Crippen LogP contribution in [0.25, 0.3) is 10.9 Å². The summed E-state index contributed by atoms with van der Waals surface area (Å²) in [6.45, 7) is 7.81. The minimum absolute atomic E-state index is 0.0320. The smallest absolute Gasteiger partial charge is 0.131 e. The van der Waals surface area contributed by atoms with Crippen LogP contribution in [-0.4, -0.2) is 52.7 Å². The van der Waals surface area contributed by atoms with E-state index in [-0.39, 0.29) is 11.2 Å². The third-order valence-electron chi connectivity index (χ3n) is 6.76. The maximum absolute atomic E-state index is 10.8. The standard InChI is InChI=1S/C25H32N4O3S/c1-17-4-6-21-20(9-17)22(27-14-25(13-26)15-32-16-25)11-24(28-21)29-7-8-33(30,31)23-10-18(2)3-5-19(23)12-29/h3-6,9-11,30-31H,7-8,12-16,26H2,1-2H3,(H,27,28). The molecule has 1 fully saturated rings. The average Bonchev–Trinajstić information content (AvgIpc) is 2.89. The number of pyridine rings is 1. The van der Waals surface area contributed by atoms with E-state index in [0.29, 0.717) is 37.7 Å². The van der Waals surface area contributed by atoms with Gasteiger partial charge in [-0.3, -0.25) is 9.11 Å². The van der Waals surface area contributed by atoms with Gasteiger partial charge in [0.1, 0.15) is 5.82 Å². The van der Waals surface area contributed by atoms with Gasteiger partial charge in [-0.05, 0) is 43.2 Å². The molecule has 1 aromatic heterocycles. The molecule has 3 heterocycles. The van der Waals surface area contributed by atoms with E-state index in [0.717, 1.165) is 40.1 Å². The SMILES string of the molecule is Cc1ccc2c(c1)S(O)(O)CCN(c1cc(NCC3(CN)COC3)c3cc(C)ccc3n1)C2. The molecule has 0 aliphatic carbocycles. The topological polar surface area (TPSA) is 104 Å². The Morgan fingerprint density at radius 3 is 2.61 bits per heavy atom. The Morgan fingerprint density at radius 2 is 1.88 bits per heavy atom. The van der Waals surface area contributed by atoms with Gasteiger partial charge in [-0.25, -0.2) is 4.98 Å². The highest BCUT2D eigenvalue weighted by Gasteiger charge is 2.37. The lowest BCUT2D eigenvalue weighted by molar-refractivity contribution is -0.0979. The second-order valence-corrected chi connectivity index (χ2v) is 11.7. The summed E-state index contributed by atoms with van der Waals surface area (Å²) in [5.74, 6) is 1.11. The average molecular weight is 469 g/mol. The number of nitrogens with one attached hydrogen (secondary N) is 1. The van der Waals surface area contributed by atoms with Gasteiger partial charge < -0.3 is 20.7 Å². The van der Waals surface area contributed by atoms with Crippen molar-refractivity contribution < 1.29 is 13.8 Å². The summed E-state index contributed by atoms with van der Waals surface area (Å²) < 4.78 is 27.1. The van der Waals surface area contributed by atoms with Crippen molar-refractivity contribution in [2.75, 3.05) is 48.8 Å². The second-order valence-electron chi connectivity index (χ2n) is 9.50. The molecule has 0 bridgehead atoms. The molecule has 0 unspecified atom stereocenters. The van der Waals surface area contributed by atoms with Crippen LogP contribution in [0.3, 0.4) is 0 Å². The molecule has 0 atom stereocenters. The summed E-state index contributed by atoms with van der Waals surface area (Å²) in [4.78, 5) is 7.77. The number of anilines is 2. The summed E-state index contributed by atoms with van der Waals surface area (Å²) in [5, 5.41) is 4.70. The predicted octanol–water partition coefficient (Wildman–Crippen LogP) is 4.37. The third kappa shape index (κ3) is 4.29. The lowest BCUT2D eigenvalue weighted by atomic mass is 9.86. The molecular formula is C25H32N4O3S. The Morgan fingerprint density at radius 1 is 1.12 bits per heavy atom. The van der Waals surface area contributed by atoms with Crippen LogP contribution in [0.2, 0.25) is 0 Å². The van der Waals surface area contributed by atoms with Crippen LogP contribution in [0.1, 0.15) is 16.7 Å². The quantitative estimate of drug-likeness (QED) is 0.441. The molecule has 176 valence electrons. The van der Waals surface area contributed by atoms with Crippen molar-refractivity contribution in [3.05, 3.63) is 59.2 Å². The van der Waals surface area contributed by atoms with Gasteiger partial charge in [0, 0.05) is 48.7 Å². The Bertz CT molecular complexity index is 1190. The van der Waals surface area contributed by atoms with E-state index >= 15 is 0 Å².